The van der Waals surface area contributed by atoms with Crippen molar-refractivity contribution in [2.75, 3.05) is 23.5 Å². The van der Waals surface area contributed by atoms with Crippen LogP contribution in [0.1, 0.15) is 33.6 Å². The number of aromatic nitrogens is 2. The fourth-order valence-electron chi connectivity index (χ4n) is 3.80. The highest BCUT2D eigenvalue weighted by molar-refractivity contribution is 6.01. The van der Waals surface area contributed by atoms with Gasteiger partial charge >= 0.3 is 12.2 Å². The van der Waals surface area contributed by atoms with Crippen LogP contribution in [0, 0.1) is 5.92 Å². The molecule has 2 heterocycles. The fraction of sp³-hybridized carbons (Fsp3) is 0.500. The third kappa shape index (κ3) is 3.99. The zero-order valence-corrected chi connectivity index (χ0v) is 17.9. The first-order chi connectivity index (χ1) is 14.4. The largest absolute Gasteiger partial charge is 0.452 e. The average Bonchev–Trinajstić information content (AvgIpc) is 3.40. The highest BCUT2D eigenvalue weighted by atomic mass is 16.6. The SMILES string of the molecule is COC(=O)N1c2ccc(-c3cnn(CC4CC4)c3)cc2N(C(=O)OC(C)C)C[C@@H]1C. The van der Waals surface area contributed by atoms with Crippen molar-refractivity contribution in [3.63, 3.8) is 0 Å². The Labute approximate surface area is 176 Å². The Hall–Kier alpha value is -3.03. The van der Waals surface area contributed by atoms with Crippen molar-refractivity contribution in [3.05, 3.63) is 30.6 Å². The number of amides is 2. The lowest BCUT2D eigenvalue weighted by Crippen LogP contribution is -2.52. The van der Waals surface area contributed by atoms with Crippen LogP contribution in [-0.2, 0) is 16.0 Å². The van der Waals surface area contributed by atoms with Gasteiger partial charge in [0, 0.05) is 18.3 Å². The average molecular weight is 412 g/mol. The fourth-order valence-corrected chi connectivity index (χ4v) is 3.80. The smallest absolute Gasteiger partial charge is 0.414 e. The summed E-state index contributed by atoms with van der Waals surface area (Å²) in [5.74, 6) is 0.734. The molecule has 2 amide bonds. The molecule has 1 aromatic heterocycles. The monoisotopic (exact) mass is 412 g/mol. The summed E-state index contributed by atoms with van der Waals surface area (Å²) in [5.41, 5.74) is 3.14. The van der Waals surface area contributed by atoms with Gasteiger partial charge in [0.2, 0.25) is 0 Å². The minimum atomic E-state index is -0.453. The van der Waals surface area contributed by atoms with E-state index in [0.717, 1.165) is 23.6 Å². The molecule has 0 saturated heterocycles. The van der Waals surface area contributed by atoms with Crippen molar-refractivity contribution in [1.29, 1.82) is 0 Å². The highest BCUT2D eigenvalue weighted by Gasteiger charge is 2.36. The van der Waals surface area contributed by atoms with Crippen LogP contribution in [0.3, 0.4) is 0 Å². The van der Waals surface area contributed by atoms with Crippen LogP contribution in [-0.4, -0.2) is 47.8 Å². The number of fused-ring (bicyclic) bond motifs is 1. The maximum atomic E-state index is 12.8. The number of carbonyl (C=O) groups is 2. The van der Waals surface area contributed by atoms with Crippen LogP contribution in [0.15, 0.2) is 30.6 Å². The van der Waals surface area contributed by atoms with Crippen LogP contribution in [0.4, 0.5) is 21.0 Å². The van der Waals surface area contributed by atoms with Crippen molar-refractivity contribution in [2.24, 2.45) is 5.92 Å². The molecule has 1 fully saturated rings. The standard InChI is InChI=1S/C22H28N4O4/c1-14(2)30-21(27)25-11-15(3)26(22(28)29-4)19-8-7-17(9-20(19)25)18-10-23-24(13-18)12-16-5-6-16/h7-10,13-16H,5-6,11-12H2,1-4H3/t15-/m0/s1. The van der Waals surface area contributed by atoms with Gasteiger partial charge in [0.05, 0.1) is 43.4 Å². The molecular weight excluding hydrogens is 384 g/mol. The van der Waals surface area contributed by atoms with Gasteiger partial charge in [-0.1, -0.05) is 6.07 Å². The highest BCUT2D eigenvalue weighted by Crippen LogP contribution is 2.39. The number of benzene rings is 1. The zero-order valence-electron chi connectivity index (χ0n) is 17.9. The van der Waals surface area contributed by atoms with E-state index in [1.807, 2.05) is 56.0 Å². The van der Waals surface area contributed by atoms with Gasteiger partial charge in [-0.3, -0.25) is 14.5 Å². The van der Waals surface area contributed by atoms with E-state index in [0.29, 0.717) is 17.9 Å². The van der Waals surface area contributed by atoms with Gasteiger partial charge in [-0.05, 0) is 57.2 Å². The summed E-state index contributed by atoms with van der Waals surface area (Å²) in [5, 5.41) is 4.47. The summed E-state index contributed by atoms with van der Waals surface area (Å²) in [4.78, 5) is 28.4. The van der Waals surface area contributed by atoms with E-state index in [-0.39, 0.29) is 12.1 Å². The predicted molar refractivity (Wildman–Crippen MR) is 114 cm³/mol. The van der Waals surface area contributed by atoms with Gasteiger partial charge in [-0.25, -0.2) is 9.59 Å². The number of ether oxygens (including phenoxy) is 2. The van der Waals surface area contributed by atoms with Crippen LogP contribution >= 0.6 is 0 Å². The van der Waals surface area contributed by atoms with E-state index < -0.39 is 12.2 Å². The summed E-state index contributed by atoms with van der Waals surface area (Å²) >= 11 is 0. The molecule has 8 heteroatoms. The second-order valence-corrected chi connectivity index (χ2v) is 8.33. The normalized spacial score (nSPS) is 18.4. The maximum Gasteiger partial charge on any atom is 0.414 e. The summed E-state index contributed by atoms with van der Waals surface area (Å²) < 4.78 is 12.4. The van der Waals surface area contributed by atoms with Crippen molar-refractivity contribution in [3.8, 4) is 11.1 Å². The number of hydrogen-bond donors (Lipinski definition) is 0. The van der Waals surface area contributed by atoms with E-state index in [9.17, 15) is 9.59 Å². The number of methoxy groups -OCH3 is 1. The van der Waals surface area contributed by atoms with Gasteiger partial charge in [-0.2, -0.15) is 5.10 Å². The number of rotatable bonds is 4. The summed E-state index contributed by atoms with van der Waals surface area (Å²) in [6.07, 6.45) is 5.28. The molecule has 1 atom stereocenters. The van der Waals surface area contributed by atoms with Crippen molar-refractivity contribution in [1.82, 2.24) is 9.78 Å². The third-order valence-corrected chi connectivity index (χ3v) is 5.45. The van der Waals surface area contributed by atoms with Crippen LogP contribution < -0.4 is 9.80 Å². The molecule has 160 valence electrons. The molecule has 2 aromatic rings. The van der Waals surface area contributed by atoms with Gasteiger partial charge < -0.3 is 9.47 Å². The van der Waals surface area contributed by atoms with Crippen LogP contribution in [0.5, 0.6) is 0 Å². The Morgan fingerprint density at radius 3 is 2.60 bits per heavy atom. The molecule has 4 rings (SSSR count). The van der Waals surface area contributed by atoms with Gasteiger partial charge in [0.1, 0.15) is 0 Å². The maximum absolute atomic E-state index is 12.8. The lowest BCUT2D eigenvalue weighted by molar-refractivity contribution is 0.121. The lowest BCUT2D eigenvalue weighted by atomic mass is 10.0. The molecule has 0 unspecified atom stereocenters. The van der Waals surface area contributed by atoms with E-state index in [1.165, 1.54) is 20.0 Å². The third-order valence-electron chi connectivity index (χ3n) is 5.45. The molecular formula is C22H28N4O4. The molecule has 2 aliphatic rings. The van der Waals surface area contributed by atoms with E-state index in [1.54, 1.807) is 9.80 Å². The molecule has 1 aliphatic carbocycles. The Balaban J connectivity index is 1.72. The number of nitrogens with zero attached hydrogens (tertiary/aromatic N) is 4. The Morgan fingerprint density at radius 2 is 1.93 bits per heavy atom. The molecule has 1 saturated carbocycles. The molecule has 1 aliphatic heterocycles. The molecule has 1 aromatic carbocycles. The summed E-state index contributed by atoms with van der Waals surface area (Å²) in [6.45, 7) is 6.77. The number of anilines is 2. The molecule has 0 spiro atoms. The minimum Gasteiger partial charge on any atom is -0.452 e. The quantitative estimate of drug-likeness (QED) is 0.749. The van der Waals surface area contributed by atoms with E-state index >= 15 is 0 Å². The Kier molecular flexibility index (Phi) is 5.40. The van der Waals surface area contributed by atoms with Gasteiger partial charge in [0.25, 0.3) is 0 Å². The second-order valence-electron chi connectivity index (χ2n) is 8.33. The topological polar surface area (TPSA) is 76.9 Å². The minimum absolute atomic E-state index is 0.237. The summed E-state index contributed by atoms with van der Waals surface area (Å²) in [7, 11) is 1.36. The lowest BCUT2D eigenvalue weighted by Gasteiger charge is -2.40. The number of carbonyl (C=O) groups excluding carboxylic acids is 2. The van der Waals surface area contributed by atoms with Crippen molar-refractivity contribution < 1.29 is 19.1 Å². The Bertz CT molecular complexity index is 950. The number of hydrogen-bond acceptors (Lipinski definition) is 5. The molecule has 0 N–H and O–H groups in total. The van der Waals surface area contributed by atoms with Crippen LogP contribution in [0.2, 0.25) is 0 Å². The van der Waals surface area contributed by atoms with E-state index in [4.69, 9.17) is 9.47 Å². The van der Waals surface area contributed by atoms with Gasteiger partial charge in [0.15, 0.2) is 0 Å². The first-order valence-corrected chi connectivity index (χ1v) is 10.4. The summed E-state index contributed by atoms with van der Waals surface area (Å²) in [6, 6.07) is 5.45. The first-order valence-electron chi connectivity index (χ1n) is 10.4. The second kappa shape index (κ2) is 8.01. The first kappa shape index (κ1) is 20.3. The van der Waals surface area contributed by atoms with Crippen LogP contribution in [0.25, 0.3) is 11.1 Å². The molecule has 0 radical (unpaired) electrons. The van der Waals surface area contributed by atoms with E-state index in [2.05, 4.69) is 5.10 Å². The van der Waals surface area contributed by atoms with Crippen molar-refractivity contribution in [2.45, 2.75) is 52.3 Å². The van der Waals surface area contributed by atoms with Gasteiger partial charge in [-0.15, -0.1) is 0 Å². The molecule has 30 heavy (non-hydrogen) atoms. The predicted octanol–water partition coefficient (Wildman–Crippen LogP) is 4.29. The Morgan fingerprint density at radius 1 is 1.17 bits per heavy atom. The van der Waals surface area contributed by atoms with Crippen molar-refractivity contribution >= 4 is 23.6 Å². The molecule has 0 bridgehead atoms. The zero-order chi connectivity index (χ0) is 21.4. The molecule has 8 nitrogen and oxygen atoms in total.